The first-order chi connectivity index (χ1) is 23.8. The standard InChI is InChI=1S/C41H28N4O2S/c1-3-15-28(16-4-1)46-37-25-13-11-22-33(37)30-19-7-8-20-31(30)36-27-39(41-42-44-45-43-41)48-40(36)35-24-10-9-21-32(35)34-23-12-14-26-38(34)47-29-17-5-2-6-18-29/h1-27H,(H,42,43,44,45). The molecule has 1 N–H and O–H groups in total. The van der Waals surface area contributed by atoms with Crippen LogP contribution in [0.25, 0.3) is 54.5 Å². The maximum atomic E-state index is 6.43. The van der Waals surface area contributed by atoms with Crippen LogP contribution in [-0.4, -0.2) is 20.6 Å². The van der Waals surface area contributed by atoms with Crippen molar-refractivity contribution in [3.8, 4) is 77.5 Å². The van der Waals surface area contributed by atoms with Crippen LogP contribution in [0.3, 0.4) is 0 Å². The van der Waals surface area contributed by atoms with Gasteiger partial charge in [0.2, 0.25) is 0 Å². The largest absolute Gasteiger partial charge is 0.457 e. The predicted molar refractivity (Wildman–Crippen MR) is 192 cm³/mol. The first-order valence-electron chi connectivity index (χ1n) is 15.5. The van der Waals surface area contributed by atoms with Crippen molar-refractivity contribution in [3.05, 3.63) is 164 Å². The van der Waals surface area contributed by atoms with Crippen molar-refractivity contribution in [3.63, 3.8) is 0 Å². The van der Waals surface area contributed by atoms with Crippen LogP contribution in [0.4, 0.5) is 0 Å². The summed E-state index contributed by atoms with van der Waals surface area (Å²) in [6.07, 6.45) is 0. The van der Waals surface area contributed by atoms with Gasteiger partial charge in [0, 0.05) is 27.1 Å². The van der Waals surface area contributed by atoms with E-state index in [1.54, 1.807) is 11.3 Å². The zero-order chi connectivity index (χ0) is 32.1. The molecule has 0 aliphatic heterocycles. The number of nitrogens with zero attached hydrogens (tertiary/aromatic N) is 3. The summed E-state index contributed by atoms with van der Waals surface area (Å²) < 4.78 is 12.9. The smallest absolute Gasteiger partial charge is 0.189 e. The fraction of sp³-hybridized carbons (Fsp3) is 0. The van der Waals surface area contributed by atoms with E-state index in [1.165, 1.54) is 0 Å². The van der Waals surface area contributed by atoms with E-state index < -0.39 is 0 Å². The molecule has 0 saturated heterocycles. The second-order valence-electron chi connectivity index (χ2n) is 11.0. The summed E-state index contributed by atoms with van der Waals surface area (Å²) in [5.74, 6) is 3.73. The van der Waals surface area contributed by atoms with Crippen LogP contribution in [0.2, 0.25) is 0 Å². The van der Waals surface area contributed by atoms with Crippen molar-refractivity contribution in [1.29, 1.82) is 0 Å². The summed E-state index contributed by atoms with van der Waals surface area (Å²) in [7, 11) is 0. The normalized spacial score (nSPS) is 10.9. The molecule has 8 rings (SSSR count). The minimum atomic E-state index is 0.614. The summed E-state index contributed by atoms with van der Waals surface area (Å²) in [6.45, 7) is 0. The van der Waals surface area contributed by atoms with Gasteiger partial charge in [-0.1, -0.05) is 121 Å². The lowest BCUT2D eigenvalue weighted by Crippen LogP contribution is -1.92. The van der Waals surface area contributed by atoms with Crippen LogP contribution in [0, 0.1) is 0 Å². The molecule has 0 unspecified atom stereocenters. The molecule has 0 radical (unpaired) electrons. The van der Waals surface area contributed by atoms with E-state index >= 15 is 0 Å². The van der Waals surface area contributed by atoms with Crippen LogP contribution >= 0.6 is 11.3 Å². The zero-order valence-corrected chi connectivity index (χ0v) is 26.5. The quantitative estimate of drug-likeness (QED) is 0.170. The van der Waals surface area contributed by atoms with E-state index in [0.717, 1.165) is 71.7 Å². The highest BCUT2D eigenvalue weighted by molar-refractivity contribution is 7.19. The van der Waals surface area contributed by atoms with Gasteiger partial charge in [0.15, 0.2) is 5.82 Å². The minimum absolute atomic E-state index is 0.614. The molecule has 7 heteroatoms. The van der Waals surface area contributed by atoms with Crippen LogP contribution in [-0.2, 0) is 0 Å². The lowest BCUT2D eigenvalue weighted by molar-refractivity contribution is 0.484. The third-order valence-electron chi connectivity index (χ3n) is 8.00. The Morgan fingerprint density at radius 1 is 0.438 bits per heavy atom. The monoisotopic (exact) mass is 640 g/mol. The molecule has 0 aliphatic carbocycles. The number of H-pyrrole nitrogens is 1. The van der Waals surface area contributed by atoms with Crippen molar-refractivity contribution in [2.75, 3.05) is 0 Å². The number of aromatic amines is 1. The summed E-state index contributed by atoms with van der Waals surface area (Å²) in [6, 6.07) is 55.2. The topological polar surface area (TPSA) is 72.9 Å². The number of nitrogens with one attached hydrogen (secondary N) is 1. The number of tetrazole rings is 1. The van der Waals surface area contributed by atoms with Gasteiger partial charge in [0.25, 0.3) is 0 Å². The fourth-order valence-electron chi connectivity index (χ4n) is 5.83. The van der Waals surface area contributed by atoms with Crippen LogP contribution in [0.15, 0.2) is 164 Å². The van der Waals surface area contributed by atoms with Crippen molar-refractivity contribution < 1.29 is 9.47 Å². The number of hydrogen-bond donors (Lipinski definition) is 1. The molecule has 6 aromatic carbocycles. The Kier molecular flexibility index (Phi) is 8.01. The third kappa shape index (κ3) is 5.86. The van der Waals surface area contributed by atoms with Crippen molar-refractivity contribution in [2.24, 2.45) is 0 Å². The van der Waals surface area contributed by atoms with Gasteiger partial charge in [0.1, 0.15) is 23.0 Å². The molecule has 0 amide bonds. The maximum Gasteiger partial charge on any atom is 0.189 e. The molecule has 0 fully saturated rings. The van der Waals surface area contributed by atoms with Crippen molar-refractivity contribution in [1.82, 2.24) is 20.6 Å². The molecular weight excluding hydrogens is 613 g/mol. The van der Waals surface area contributed by atoms with E-state index in [2.05, 4.69) is 87.4 Å². The Balaban J connectivity index is 1.30. The first kappa shape index (κ1) is 29.1. The molecule has 0 spiro atoms. The van der Waals surface area contributed by atoms with Gasteiger partial charge in [0.05, 0.1) is 4.88 Å². The van der Waals surface area contributed by atoms with Gasteiger partial charge in [-0.2, -0.15) is 0 Å². The third-order valence-corrected chi connectivity index (χ3v) is 9.17. The molecular formula is C41H28N4O2S. The number of para-hydroxylation sites is 4. The predicted octanol–water partition coefficient (Wildman–Crippen LogP) is 11.2. The van der Waals surface area contributed by atoms with Crippen LogP contribution in [0.5, 0.6) is 23.0 Å². The van der Waals surface area contributed by atoms with Gasteiger partial charge >= 0.3 is 0 Å². The molecule has 0 saturated carbocycles. The summed E-state index contributed by atoms with van der Waals surface area (Å²) >= 11 is 1.65. The summed E-state index contributed by atoms with van der Waals surface area (Å²) in [4.78, 5) is 2.01. The van der Waals surface area contributed by atoms with E-state index in [-0.39, 0.29) is 0 Å². The van der Waals surface area contributed by atoms with Crippen molar-refractivity contribution >= 4 is 11.3 Å². The lowest BCUT2D eigenvalue weighted by atomic mass is 9.90. The molecule has 2 heterocycles. The van der Waals surface area contributed by atoms with Crippen molar-refractivity contribution in [2.45, 2.75) is 0 Å². The Hall–Kier alpha value is -6.31. The molecule has 6 nitrogen and oxygen atoms in total. The highest BCUT2D eigenvalue weighted by atomic mass is 32.1. The molecule has 8 aromatic rings. The Bertz CT molecular complexity index is 2160. The SMILES string of the molecule is c1ccc(Oc2ccccc2-c2ccccc2-c2cc(-c3nnn[nH]3)sc2-c2ccccc2-c2ccccc2Oc2ccccc2)cc1. The highest BCUT2D eigenvalue weighted by Crippen LogP contribution is 2.49. The van der Waals surface area contributed by atoms with Crippen LogP contribution in [0.1, 0.15) is 0 Å². The average Bonchev–Trinajstić information content (AvgIpc) is 3.85. The Labute approximate surface area is 281 Å². The van der Waals surface area contributed by atoms with Gasteiger partial charge in [-0.25, -0.2) is 5.10 Å². The molecule has 0 aliphatic rings. The van der Waals surface area contributed by atoms with E-state index in [9.17, 15) is 0 Å². The molecule has 0 bridgehead atoms. The Morgan fingerprint density at radius 3 is 1.40 bits per heavy atom. The van der Waals surface area contributed by atoms with E-state index in [0.29, 0.717) is 5.82 Å². The fourth-order valence-corrected chi connectivity index (χ4v) is 6.97. The average molecular weight is 641 g/mol. The zero-order valence-electron chi connectivity index (χ0n) is 25.7. The Morgan fingerprint density at radius 2 is 0.875 bits per heavy atom. The number of ether oxygens (including phenoxy) is 2. The maximum absolute atomic E-state index is 6.43. The van der Waals surface area contributed by atoms with Gasteiger partial charge in [-0.3, -0.25) is 0 Å². The molecule has 48 heavy (non-hydrogen) atoms. The van der Waals surface area contributed by atoms with Gasteiger partial charge in [-0.15, -0.1) is 16.4 Å². The lowest BCUT2D eigenvalue weighted by Gasteiger charge is -2.17. The van der Waals surface area contributed by atoms with Gasteiger partial charge in [-0.05, 0) is 69.6 Å². The number of thiophene rings is 1. The minimum Gasteiger partial charge on any atom is -0.457 e. The molecule has 230 valence electrons. The number of rotatable bonds is 9. The van der Waals surface area contributed by atoms with Gasteiger partial charge < -0.3 is 9.47 Å². The van der Waals surface area contributed by atoms with E-state index in [1.807, 2.05) is 97.1 Å². The second-order valence-corrected chi connectivity index (χ2v) is 12.1. The first-order valence-corrected chi connectivity index (χ1v) is 16.3. The molecule has 2 aromatic heterocycles. The second kappa shape index (κ2) is 13.2. The molecule has 0 atom stereocenters. The highest BCUT2D eigenvalue weighted by Gasteiger charge is 2.22. The number of aromatic nitrogens is 4. The number of benzene rings is 6. The summed E-state index contributed by atoms with van der Waals surface area (Å²) in [5, 5.41) is 15.0. The summed E-state index contributed by atoms with van der Waals surface area (Å²) in [5.41, 5.74) is 7.29. The van der Waals surface area contributed by atoms with Crippen LogP contribution < -0.4 is 9.47 Å². The number of hydrogen-bond acceptors (Lipinski definition) is 6. The van der Waals surface area contributed by atoms with E-state index in [4.69, 9.17) is 9.47 Å².